The Morgan fingerprint density at radius 3 is 2.68 bits per heavy atom. The number of aliphatic carboxylic acids is 1. The molecular formula is C15H17N3O3S. The van der Waals surface area contributed by atoms with Crippen LogP contribution in [0.5, 0.6) is 0 Å². The van der Waals surface area contributed by atoms with E-state index in [1.165, 1.54) is 0 Å². The topological polar surface area (TPSA) is 92.2 Å². The second-order valence-corrected chi connectivity index (χ2v) is 5.59. The third-order valence-corrected chi connectivity index (χ3v) is 4.05. The molecular weight excluding hydrogens is 302 g/mol. The molecule has 0 saturated carbocycles. The molecule has 0 spiro atoms. The van der Waals surface area contributed by atoms with Gasteiger partial charge in [0, 0.05) is 6.54 Å². The van der Waals surface area contributed by atoms with Gasteiger partial charge < -0.3 is 10.4 Å². The molecule has 2 N–H and O–H groups in total. The number of rotatable bonds is 7. The number of hydrogen-bond acceptors (Lipinski definition) is 5. The van der Waals surface area contributed by atoms with Crippen LogP contribution in [0, 0.1) is 5.92 Å². The molecule has 0 saturated heterocycles. The van der Waals surface area contributed by atoms with E-state index in [0.29, 0.717) is 23.4 Å². The molecule has 0 aliphatic rings. The summed E-state index contributed by atoms with van der Waals surface area (Å²) in [6.45, 7) is 1.97. The Morgan fingerprint density at radius 2 is 2.05 bits per heavy atom. The quantitative estimate of drug-likeness (QED) is 0.811. The van der Waals surface area contributed by atoms with Gasteiger partial charge in [0.15, 0.2) is 0 Å². The molecule has 0 fully saturated rings. The lowest BCUT2D eigenvalue weighted by Crippen LogP contribution is -2.34. The number of amides is 1. The largest absolute Gasteiger partial charge is 0.481 e. The first-order valence-electron chi connectivity index (χ1n) is 6.98. The van der Waals surface area contributed by atoms with Gasteiger partial charge in [-0.2, -0.15) is 0 Å². The van der Waals surface area contributed by atoms with Crippen molar-refractivity contribution >= 4 is 23.4 Å². The molecule has 0 unspecified atom stereocenters. The average molecular weight is 319 g/mol. The molecule has 0 radical (unpaired) electrons. The Kier molecular flexibility index (Phi) is 5.60. The van der Waals surface area contributed by atoms with Crippen molar-refractivity contribution in [1.82, 2.24) is 14.9 Å². The van der Waals surface area contributed by atoms with Crippen LogP contribution >= 0.6 is 11.5 Å². The van der Waals surface area contributed by atoms with Crippen LogP contribution in [0.3, 0.4) is 0 Å². The number of carbonyl (C=O) groups is 2. The van der Waals surface area contributed by atoms with Crippen LogP contribution < -0.4 is 5.32 Å². The lowest BCUT2D eigenvalue weighted by Gasteiger charge is -2.13. The Bertz CT molecular complexity index is 642. The first-order valence-corrected chi connectivity index (χ1v) is 7.75. The second-order valence-electron chi connectivity index (χ2n) is 4.84. The highest BCUT2D eigenvalue weighted by Crippen LogP contribution is 2.12. The summed E-state index contributed by atoms with van der Waals surface area (Å²) in [5.74, 6) is -1.91. The number of aromatic nitrogens is 2. The molecule has 2 rings (SSSR count). The number of nitrogens with zero attached hydrogens (tertiary/aromatic N) is 2. The van der Waals surface area contributed by atoms with Crippen molar-refractivity contribution in [3.63, 3.8) is 0 Å². The van der Waals surface area contributed by atoms with Crippen molar-refractivity contribution in [3.05, 3.63) is 46.5 Å². The number of carboxylic acid groups (broad SMARTS) is 1. The van der Waals surface area contributed by atoms with Gasteiger partial charge in [-0.1, -0.05) is 41.7 Å². The number of hydrogen-bond donors (Lipinski definition) is 2. The van der Waals surface area contributed by atoms with Gasteiger partial charge in [0.05, 0.1) is 11.6 Å². The highest BCUT2D eigenvalue weighted by Gasteiger charge is 2.21. The molecule has 1 atom stereocenters. The predicted octanol–water partition coefficient (Wildman–Crippen LogP) is 1.77. The van der Waals surface area contributed by atoms with Gasteiger partial charge in [-0.15, -0.1) is 5.10 Å². The van der Waals surface area contributed by atoms with E-state index >= 15 is 0 Å². The molecule has 0 bridgehead atoms. The zero-order valence-electron chi connectivity index (χ0n) is 12.2. The third-order valence-electron chi connectivity index (χ3n) is 3.28. The molecule has 0 aliphatic heterocycles. The highest BCUT2D eigenvalue weighted by molar-refractivity contribution is 7.08. The lowest BCUT2D eigenvalue weighted by molar-refractivity contribution is -0.141. The van der Waals surface area contributed by atoms with Crippen LogP contribution in [-0.2, 0) is 17.6 Å². The van der Waals surface area contributed by atoms with E-state index in [9.17, 15) is 14.7 Å². The normalized spacial score (nSPS) is 11.9. The van der Waals surface area contributed by atoms with Gasteiger partial charge in [0.2, 0.25) is 0 Å². The first kappa shape index (κ1) is 16.1. The van der Waals surface area contributed by atoms with Gasteiger partial charge in [-0.3, -0.25) is 9.59 Å². The minimum atomic E-state index is -0.928. The molecule has 7 heteroatoms. The van der Waals surface area contributed by atoms with Gasteiger partial charge in [0.25, 0.3) is 5.91 Å². The monoisotopic (exact) mass is 319 g/mol. The van der Waals surface area contributed by atoms with Crippen molar-refractivity contribution in [2.75, 3.05) is 6.54 Å². The van der Waals surface area contributed by atoms with Gasteiger partial charge >= 0.3 is 5.97 Å². The van der Waals surface area contributed by atoms with E-state index in [1.54, 1.807) is 0 Å². The number of nitrogens with one attached hydrogen (secondary N) is 1. The zero-order valence-corrected chi connectivity index (χ0v) is 13.0. The third kappa shape index (κ3) is 4.11. The minimum absolute atomic E-state index is 0.0735. The number of aryl methyl sites for hydroxylation is 1. The maximum Gasteiger partial charge on any atom is 0.308 e. The van der Waals surface area contributed by atoms with Crippen molar-refractivity contribution in [2.45, 2.75) is 19.8 Å². The maximum atomic E-state index is 12.1. The Morgan fingerprint density at radius 1 is 1.32 bits per heavy atom. The summed E-state index contributed by atoms with van der Waals surface area (Å²) >= 11 is 1.03. The van der Waals surface area contributed by atoms with E-state index in [0.717, 1.165) is 17.1 Å². The molecule has 1 aromatic carbocycles. The highest BCUT2D eigenvalue weighted by atomic mass is 32.1. The molecule has 0 aliphatic carbocycles. The Balaban J connectivity index is 1.97. The number of carbonyl (C=O) groups excluding carboxylic acids is 1. The Labute approximate surface area is 132 Å². The SMILES string of the molecule is CCc1nnsc1C(=O)NC[C@@H](Cc1ccccc1)C(=O)O. The summed E-state index contributed by atoms with van der Waals surface area (Å²) in [5.41, 5.74) is 1.57. The average Bonchev–Trinajstić information content (AvgIpc) is 3.00. The zero-order chi connectivity index (χ0) is 15.9. The lowest BCUT2D eigenvalue weighted by atomic mass is 9.99. The Hall–Kier alpha value is -2.28. The maximum absolute atomic E-state index is 12.1. The van der Waals surface area contributed by atoms with E-state index < -0.39 is 11.9 Å². The minimum Gasteiger partial charge on any atom is -0.481 e. The smallest absolute Gasteiger partial charge is 0.308 e. The molecule has 116 valence electrons. The van der Waals surface area contributed by atoms with Gasteiger partial charge in [-0.25, -0.2) is 0 Å². The van der Waals surface area contributed by atoms with Crippen molar-refractivity contribution in [3.8, 4) is 0 Å². The molecule has 1 aromatic heterocycles. The fraction of sp³-hybridized carbons (Fsp3) is 0.333. The summed E-state index contributed by atoms with van der Waals surface area (Å²) in [6.07, 6.45) is 0.990. The summed E-state index contributed by atoms with van der Waals surface area (Å²) in [5, 5.41) is 15.9. The summed E-state index contributed by atoms with van der Waals surface area (Å²) in [7, 11) is 0. The molecule has 2 aromatic rings. The van der Waals surface area contributed by atoms with Crippen LogP contribution in [0.15, 0.2) is 30.3 Å². The van der Waals surface area contributed by atoms with E-state index in [-0.39, 0.29) is 12.5 Å². The van der Waals surface area contributed by atoms with E-state index in [1.807, 2.05) is 37.3 Å². The van der Waals surface area contributed by atoms with Crippen LogP contribution in [0.25, 0.3) is 0 Å². The fourth-order valence-electron chi connectivity index (χ4n) is 2.05. The van der Waals surface area contributed by atoms with E-state index in [4.69, 9.17) is 0 Å². The number of carboxylic acids is 1. The molecule has 6 nitrogen and oxygen atoms in total. The second kappa shape index (κ2) is 7.65. The predicted molar refractivity (Wildman–Crippen MR) is 82.9 cm³/mol. The number of benzene rings is 1. The van der Waals surface area contributed by atoms with Crippen molar-refractivity contribution in [1.29, 1.82) is 0 Å². The molecule has 1 amide bonds. The standard InChI is InChI=1S/C15H17N3O3S/c1-2-12-13(22-18-17-12)14(19)16-9-11(15(20)21)8-10-6-4-3-5-7-10/h3-7,11H,2,8-9H2,1H3,(H,16,19)(H,20,21)/t11-/m1/s1. The van der Waals surface area contributed by atoms with Gasteiger partial charge in [-0.05, 0) is 29.9 Å². The van der Waals surface area contributed by atoms with Crippen LogP contribution in [0.2, 0.25) is 0 Å². The molecule has 1 heterocycles. The van der Waals surface area contributed by atoms with Crippen LogP contribution in [0.1, 0.15) is 27.9 Å². The molecule has 22 heavy (non-hydrogen) atoms. The van der Waals surface area contributed by atoms with Crippen LogP contribution in [-0.4, -0.2) is 33.1 Å². The fourth-order valence-corrected chi connectivity index (χ4v) is 2.72. The van der Waals surface area contributed by atoms with Crippen molar-refractivity contribution < 1.29 is 14.7 Å². The summed E-state index contributed by atoms with van der Waals surface area (Å²) < 4.78 is 3.76. The first-order chi connectivity index (χ1) is 10.6. The summed E-state index contributed by atoms with van der Waals surface area (Å²) in [4.78, 5) is 23.9. The summed E-state index contributed by atoms with van der Waals surface area (Å²) in [6, 6.07) is 9.36. The van der Waals surface area contributed by atoms with Gasteiger partial charge in [0.1, 0.15) is 4.88 Å². The van der Waals surface area contributed by atoms with E-state index in [2.05, 4.69) is 14.9 Å². The van der Waals surface area contributed by atoms with Crippen molar-refractivity contribution in [2.24, 2.45) is 5.92 Å². The van der Waals surface area contributed by atoms with Crippen LogP contribution in [0.4, 0.5) is 0 Å².